The Morgan fingerprint density at radius 2 is 2.11 bits per heavy atom. The van der Waals surface area contributed by atoms with E-state index in [9.17, 15) is 4.79 Å². The highest BCUT2D eigenvalue weighted by Crippen LogP contribution is 2.20. The van der Waals surface area contributed by atoms with E-state index in [4.69, 9.17) is 5.73 Å². The van der Waals surface area contributed by atoms with Crippen LogP contribution in [-0.2, 0) is 4.79 Å². The Kier molecular flexibility index (Phi) is 7.39. The Balaban J connectivity index is 2.13. The molecule has 1 amide bonds. The van der Waals surface area contributed by atoms with Crippen molar-refractivity contribution < 1.29 is 4.79 Å². The van der Waals surface area contributed by atoms with Crippen LogP contribution in [0.3, 0.4) is 0 Å². The van der Waals surface area contributed by atoms with Crippen LogP contribution >= 0.6 is 27.7 Å². The van der Waals surface area contributed by atoms with E-state index in [0.717, 1.165) is 16.6 Å². The number of benzene rings is 1. The summed E-state index contributed by atoms with van der Waals surface area (Å²) in [6.45, 7) is 2.61. The molecule has 0 heterocycles. The molecule has 0 saturated heterocycles. The van der Waals surface area contributed by atoms with E-state index in [0.29, 0.717) is 13.0 Å². The zero-order valence-electron chi connectivity index (χ0n) is 10.5. The number of hydrogen-bond acceptors (Lipinski definition) is 3. The van der Waals surface area contributed by atoms with Gasteiger partial charge in [-0.05, 0) is 37.6 Å². The third-order valence-electron chi connectivity index (χ3n) is 2.33. The Hall–Kier alpha value is -0.520. The first-order valence-corrected chi connectivity index (χ1v) is 7.76. The van der Waals surface area contributed by atoms with Crippen LogP contribution in [0.1, 0.15) is 19.8 Å². The lowest BCUT2D eigenvalue weighted by Crippen LogP contribution is -2.29. The molecule has 1 rings (SSSR count). The first kappa shape index (κ1) is 15.5. The van der Waals surface area contributed by atoms with Crippen LogP contribution in [0, 0.1) is 0 Å². The number of hydrogen-bond donors (Lipinski definition) is 2. The number of nitrogens with two attached hydrogens (primary N) is 1. The minimum atomic E-state index is 0.0975. The highest BCUT2D eigenvalue weighted by molar-refractivity contribution is 9.10. The van der Waals surface area contributed by atoms with Gasteiger partial charge in [-0.2, -0.15) is 0 Å². The normalized spacial score (nSPS) is 12.2. The van der Waals surface area contributed by atoms with Gasteiger partial charge in [-0.15, -0.1) is 11.8 Å². The molecule has 0 fully saturated rings. The fraction of sp³-hybridized carbons (Fsp3) is 0.462. The summed E-state index contributed by atoms with van der Waals surface area (Å²) in [5.41, 5.74) is 5.61. The zero-order chi connectivity index (χ0) is 13.4. The van der Waals surface area contributed by atoms with E-state index in [1.165, 1.54) is 4.90 Å². The van der Waals surface area contributed by atoms with Gasteiger partial charge in [0.05, 0.1) is 0 Å². The van der Waals surface area contributed by atoms with Crippen LogP contribution in [0.5, 0.6) is 0 Å². The van der Waals surface area contributed by atoms with E-state index < -0.39 is 0 Å². The Bertz CT molecular complexity index is 368. The number of rotatable bonds is 7. The van der Waals surface area contributed by atoms with Gasteiger partial charge in [0.2, 0.25) is 5.91 Å². The Morgan fingerprint density at radius 3 is 2.72 bits per heavy atom. The van der Waals surface area contributed by atoms with Crippen LogP contribution < -0.4 is 11.1 Å². The van der Waals surface area contributed by atoms with E-state index in [1.807, 2.05) is 31.2 Å². The molecule has 0 aliphatic rings. The van der Waals surface area contributed by atoms with Gasteiger partial charge in [-0.3, -0.25) is 4.79 Å². The molecule has 1 aromatic rings. The summed E-state index contributed by atoms with van der Waals surface area (Å²) in [4.78, 5) is 12.7. The number of amides is 1. The number of thioether (sulfide) groups is 1. The molecule has 0 aliphatic carbocycles. The molecular formula is C13H19BrN2OS. The first-order chi connectivity index (χ1) is 8.58. The average molecular weight is 331 g/mol. The maximum atomic E-state index is 11.5. The van der Waals surface area contributed by atoms with Crippen molar-refractivity contribution in [3.8, 4) is 0 Å². The number of nitrogens with one attached hydrogen (secondary N) is 1. The van der Waals surface area contributed by atoms with E-state index >= 15 is 0 Å². The van der Waals surface area contributed by atoms with Gasteiger partial charge >= 0.3 is 0 Å². The number of carbonyl (C=O) groups excluding carboxylic acids is 1. The molecule has 0 bridgehead atoms. The molecule has 18 heavy (non-hydrogen) atoms. The molecule has 1 aromatic carbocycles. The summed E-state index contributed by atoms with van der Waals surface area (Å²) in [5, 5.41) is 2.87. The van der Waals surface area contributed by atoms with Crippen molar-refractivity contribution in [2.75, 3.05) is 12.3 Å². The first-order valence-electron chi connectivity index (χ1n) is 5.98. The Morgan fingerprint density at radius 1 is 1.44 bits per heavy atom. The lowest BCUT2D eigenvalue weighted by Gasteiger charge is -2.07. The second-order valence-corrected chi connectivity index (χ2v) is 6.25. The smallest absolute Gasteiger partial charge is 0.220 e. The minimum absolute atomic E-state index is 0.0975. The van der Waals surface area contributed by atoms with Crippen LogP contribution in [-0.4, -0.2) is 24.2 Å². The molecule has 100 valence electrons. The highest BCUT2D eigenvalue weighted by Gasteiger charge is 2.02. The standard InChI is InChI=1S/C13H19BrN2OS/c1-10(15)6-8-16-13(17)7-9-18-12-4-2-11(14)3-5-12/h2-5,10H,6-9,15H2,1H3,(H,16,17). The van der Waals surface area contributed by atoms with Gasteiger partial charge in [0.1, 0.15) is 0 Å². The summed E-state index contributed by atoms with van der Waals surface area (Å²) in [6.07, 6.45) is 1.37. The van der Waals surface area contributed by atoms with Gasteiger partial charge in [0, 0.05) is 34.1 Å². The predicted molar refractivity (Wildman–Crippen MR) is 80.8 cm³/mol. The maximum absolute atomic E-state index is 11.5. The van der Waals surface area contributed by atoms with Gasteiger partial charge in [0.25, 0.3) is 0 Å². The van der Waals surface area contributed by atoms with E-state index in [-0.39, 0.29) is 11.9 Å². The van der Waals surface area contributed by atoms with Gasteiger partial charge in [-0.1, -0.05) is 15.9 Å². The number of carbonyl (C=O) groups is 1. The molecular weight excluding hydrogens is 312 g/mol. The maximum Gasteiger partial charge on any atom is 0.220 e. The zero-order valence-corrected chi connectivity index (χ0v) is 12.9. The monoisotopic (exact) mass is 330 g/mol. The predicted octanol–water partition coefficient (Wildman–Crippen LogP) is 2.78. The van der Waals surface area contributed by atoms with Gasteiger partial charge in [0.15, 0.2) is 0 Å². The minimum Gasteiger partial charge on any atom is -0.356 e. The van der Waals surface area contributed by atoms with E-state index in [2.05, 4.69) is 21.2 Å². The average Bonchev–Trinajstić information content (AvgIpc) is 2.31. The summed E-state index contributed by atoms with van der Waals surface area (Å²) in [7, 11) is 0. The lowest BCUT2D eigenvalue weighted by atomic mass is 10.2. The topological polar surface area (TPSA) is 55.1 Å². The molecule has 0 saturated carbocycles. The van der Waals surface area contributed by atoms with Crippen LogP contribution in [0.25, 0.3) is 0 Å². The van der Waals surface area contributed by atoms with Crippen molar-refractivity contribution in [3.63, 3.8) is 0 Å². The fourth-order valence-electron chi connectivity index (χ4n) is 1.32. The van der Waals surface area contributed by atoms with Crippen molar-refractivity contribution in [2.45, 2.75) is 30.7 Å². The van der Waals surface area contributed by atoms with Crippen molar-refractivity contribution in [3.05, 3.63) is 28.7 Å². The molecule has 1 atom stereocenters. The molecule has 3 N–H and O–H groups in total. The highest BCUT2D eigenvalue weighted by atomic mass is 79.9. The van der Waals surface area contributed by atoms with Gasteiger partial charge < -0.3 is 11.1 Å². The number of halogens is 1. The van der Waals surface area contributed by atoms with Crippen molar-refractivity contribution in [1.29, 1.82) is 0 Å². The summed E-state index contributed by atoms with van der Waals surface area (Å²) in [5.74, 6) is 0.895. The third kappa shape index (κ3) is 7.03. The second-order valence-electron chi connectivity index (χ2n) is 4.17. The van der Waals surface area contributed by atoms with Crippen molar-refractivity contribution >= 4 is 33.6 Å². The molecule has 3 nitrogen and oxygen atoms in total. The quantitative estimate of drug-likeness (QED) is 0.756. The van der Waals surface area contributed by atoms with Crippen LogP contribution in [0.4, 0.5) is 0 Å². The van der Waals surface area contributed by atoms with Crippen molar-refractivity contribution in [1.82, 2.24) is 5.32 Å². The fourth-order valence-corrected chi connectivity index (χ4v) is 2.44. The van der Waals surface area contributed by atoms with Gasteiger partial charge in [-0.25, -0.2) is 0 Å². The summed E-state index contributed by atoms with van der Waals surface area (Å²) in [6, 6.07) is 8.24. The molecule has 5 heteroatoms. The molecule has 0 aliphatic heterocycles. The molecule has 0 aromatic heterocycles. The second kappa shape index (κ2) is 8.56. The molecule has 0 radical (unpaired) electrons. The van der Waals surface area contributed by atoms with Crippen LogP contribution in [0.15, 0.2) is 33.6 Å². The SMILES string of the molecule is CC(N)CCNC(=O)CCSc1ccc(Br)cc1. The lowest BCUT2D eigenvalue weighted by molar-refractivity contribution is -0.120. The molecule has 1 unspecified atom stereocenters. The summed E-state index contributed by atoms with van der Waals surface area (Å²) >= 11 is 5.08. The largest absolute Gasteiger partial charge is 0.356 e. The summed E-state index contributed by atoms with van der Waals surface area (Å²) < 4.78 is 1.07. The van der Waals surface area contributed by atoms with Crippen molar-refractivity contribution in [2.24, 2.45) is 5.73 Å². The Labute approximate surface area is 121 Å². The van der Waals surface area contributed by atoms with Crippen LogP contribution in [0.2, 0.25) is 0 Å². The third-order valence-corrected chi connectivity index (χ3v) is 3.88. The van der Waals surface area contributed by atoms with E-state index in [1.54, 1.807) is 11.8 Å². The molecule has 0 spiro atoms.